The molecular formula is C12H24GeN2. The topological polar surface area (TPSA) is 6.48 Å². The summed E-state index contributed by atoms with van der Waals surface area (Å²) in [5.41, 5.74) is 0.817. The molecule has 2 radical (unpaired) electrons. The summed E-state index contributed by atoms with van der Waals surface area (Å²) >= 11 is -0.105. The first-order valence-electron chi connectivity index (χ1n) is 5.64. The Morgan fingerprint density at radius 3 is 1.40 bits per heavy atom. The summed E-state index contributed by atoms with van der Waals surface area (Å²) in [5, 5.41) is 0. The molecule has 0 aliphatic carbocycles. The molecule has 0 aromatic heterocycles. The molecule has 0 atom stereocenters. The van der Waals surface area contributed by atoms with Gasteiger partial charge in [0.05, 0.1) is 0 Å². The van der Waals surface area contributed by atoms with Gasteiger partial charge in [0, 0.05) is 0 Å². The van der Waals surface area contributed by atoms with Crippen molar-refractivity contribution in [2.45, 2.75) is 41.5 Å². The zero-order valence-electron chi connectivity index (χ0n) is 11.0. The minimum atomic E-state index is -0.105. The van der Waals surface area contributed by atoms with Crippen LogP contribution in [0.1, 0.15) is 41.5 Å². The summed E-state index contributed by atoms with van der Waals surface area (Å²) < 4.78 is 5.04. The second-order valence-corrected chi connectivity index (χ2v) is 9.61. The third kappa shape index (κ3) is 5.50. The van der Waals surface area contributed by atoms with E-state index in [1.165, 1.54) is 13.1 Å². The fraction of sp³-hybridized carbons (Fsp3) is 0.833. The van der Waals surface area contributed by atoms with Crippen LogP contribution in [-0.2, 0) is 0 Å². The Morgan fingerprint density at radius 2 is 1.13 bits per heavy atom. The predicted molar refractivity (Wildman–Crippen MR) is 67.2 cm³/mol. The van der Waals surface area contributed by atoms with E-state index in [9.17, 15) is 0 Å². The summed E-state index contributed by atoms with van der Waals surface area (Å²) in [6, 6.07) is 0. The molecule has 2 nitrogen and oxygen atoms in total. The van der Waals surface area contributed by atoms with E-state index >= 15 is 0 Å². The first-order chi connectivity index (χ1) is 6.66. The van der Waals surface area contributed by atoms with Gasteiger partial charge in [-0.25, -0.2) is 0 Å². The maximum atomic E-state index is 2.52. The average Bonchev–Trinajstić information content (AvgIpc) is 2.28. The molecule has 0 aromatic rings. The third-order valence-electron chi connectivity index (χ3n) is 1.97. The molecule has 1 heterocycles. The standard InChI is InChI=1S/C12H24GeN2/c1-11(2,3)9-14-7-8-15(13-14)10-12(4,5)6/h7-8H,9-10H2,1-6H3. The van der Waals surface area contributed by atoms with E-state index in [4.69, 9.17) is 0 Å². The van der Waals surface area contributed by atoms with Gasteiger partial charge in [0.2, 0.25) is 0 Å². The van der Waals surface area contributed by atoms with Crippen molar-refractivity contribution in [3.05, 3.63) is 12.4 Å². The van der Waals surface area contributed by atoms with Crippen LogP contribution < -0.4 is 0 Å². The second-order valence-electron chi connectivity index (χ2n) is 6.78. The molecule has 0 fully saturated rings. The summed E-state index contributed by atoms with van der Waals surface area (Å²) in [6.07, 6.45) is 4.55. The molecular weight excluding hydrogens is 245 g/mol. The number of hydrogen-bond acceptors (Lipinski definition) is 2. The predicted octanol–water partition coefficient (Wildman–Crippen LogP) is 2.70. The fourth-order valence-corrected chi connectivity index (χ4v) is 5.13. The first-order valence-corrected chi connectivity index (χ1v) is 7.51. The molecule has 3 heteroatoms. The van der Waals surface area contributed by atoms with Gasteiger partial charge in [-0.05, 0) is 0 Å². The van der Waals surface area contributed by atoms with Crippen molar-refractivity contribution in [1.82, 2.24) is 7.71 Å². The van der Waals surface area contributed by atoms with Crippen LogP contribution in [0, 0.1) is 10.8 Å². The van der Waals surface area contributed by atoms with Crippen LogP contribution in [-0.4, -0.2) is 36.7 Å². The van der Waals surface area contributed by atoms with Gasteiger partial charge < -0.3 is 0 Å². The van der Waals surface area contributed by atoms with Crippen LogP contribution in [0.4, 0.5) is 0 Å². The molecule has 0 aromatic carbocycles. The second kappa shape index (κ2) is 4.40. The minimum absolute atomic E-state index is 0.105. The van der Waals surface area contributed by atoms with Gasteiger partial charge >= 0.3 is 101 Å². The van der Waals surface area contributed by atoms with Gasteiger partial charge in [0.15, 0.2) is 0 Å². The monoisotopic (exact) mass is 270 g/mol. The van der Waals surface area contributed by atoms with Gasteiger partial charge in [-0.15, -0.1) is 0 Å². The van der Waals surface area contributed by atoms with E-state index in [0.29, 0.717) is 10.8 Å². The van der Waals surface area contributed by atoms with Crippen LogP contribution >= 0.6 is 0 Å². The van der Waals surface area contributed by atoms with Crippen molar-refractivity contribution in [2.24, 2.45) is 10.8 Å². The SMILES string of the molecule is CC(C)(C)C[N]1C=C[N](CC(C)(C)C)[Ge]1. The van der Waals surface area contributed by atoms with Crippen LogP contribution in [0.25, 0.3) is 0 Å². The van der Waals surface area contributed by atoms with Gasteiger partial charge in [0.25, 0.3) is 0 Å². The van der Waals surface area contributed by atoms with Crippen molar-refractivity contribution in [1.29, 1.82) is 0 Å². The van der Waals surface area contributed by atoms with Gasteiger partial charge in [0.1, 0.15) is 0 Å². The van der Waals surface area contributed by atoms with Crippen molar-refractivity contribution >= 4 is 15.9 Å². The first kappa shape index (κ1) is 13.0. The Kier molecular flexibility index (Phi) is 3.80. The van der Waals surface area contributed by atoms with Crippen LogP contribution in [0.2, 0.25) is 0 Å². The van der Waals surface area contributed by atoms with Crippen LogP contribution in [0.5, 0.6) is 0 Å². The van der Waals surface area contributed by atoms with E-state index in [1.54, 1.807) is 0 Å². The summed E-state index contributed by atoms with van der Waals surface area (Å²) in [5.74, 6) is 0. The van der Waals surface area contributed by atoms with Crippen molar-refractivity contribution in [3.8, 4) is 0 Å². The van der Waals surface area contributed by atoms with Crippen molar-refractivity contribution in [2.75, 3.05) is 13.1 Å². The molecule has 1 rings (SSSR count). The van der Waals surface area contributed by atoms with E-state index in [0.717, 1.165) is 0 Å². The summed E-state index contributed by atoms with van der Waals surface area (Å²) in [6.45, 7) is 16.2. The molecule has 15 heavy (non-hydrogen) atoms. The zero-order chi connectivity index (χ0) is 11.7. The molecule has 1 aliphatic rings. The molecule has 0 N–H and O–H groups in total. The van der Waals surface area contributed by atoms with E-state index in [2.05, 4.69) is 61.7 Å². The van der Waals surface area contributed by atoms with Crippen LogP contribution in [0.15, 0.2) is 12.4 Å². The van der Waals surface area contributed by atoms with Gasteiger partial charge in [-0.3, -0.25) is 0 Å². The van der Waals surface area contributed by atoms with Crippen molar-refractivity contribution in [3.63, 3.8) is 0 Å². The summed E-state index contributed by atoms with van der Waals surface area (Å²) in [4.78, 5) is 0. The number of rotatable bonds is 2. The summed E-state index contributed by atoms with van der Waals surface area (Å²) in [7, 11) is 0. The number of hydrogen-bond donors (Lipinski definition) is 0. The van der Waals surface area contributed by atoms with Crippen molar-refractivity contribution < 1.29 is 0 Å². The molecule has 1 aliphatic heterocycles. The Balaban J connectivity index is 2.38. The molecule has 0 spiro atoms. The maximum absolute atomic E-state index is 2.52. The molecule has 0 unspecified atom stereocenters. The fourth-order valence-electron chi connectivity index (χ4n) is 1.59. The van der Waals surface area contributed by atoms with E-state index in [1.807, 2.05) is 0 Å². The quantitative estimate of drug-likeness (QED) is 0.711. The van der Waals surface area contributed by atoms with Crippen LogP contribution in [0.3, 0.4) is 0 Å². The van der Waals surface area contributed by atoms with Gasteiger partial charge in [-0.2, -0.15) is 0 Å². The van der Waals surface area contributed by atoms with E-state index < -0.39 is 0 Å². The molecule has 0 bridgehead atoms. The Labute approximate surface area is 102 Å². The van der Waals surface area contributed by atoms with E-state index in [-0.39, 0.29) is 15.9 Å². The van der Waals surface area contributed by atoms with Gasteiger partial charge in [-0.1, -0.05) is 0 Å². The molecule has 0 saturated heterocycles. The Hall–Kier alpha value is -0.117. The molecule has 0 saturated carbocycles. The third-order valence-corrected chi connectivity index (χ3v) is 4.34. The Bertz CT molecular complexity index is 211. The zero-order valence-corrected chi connectivity index (χ0v) is 13.1. The number of nitrogens with zero attached hydrogens (tertiary/aromatic N) is 2. The molecule has 0 amide bonds. The average molecular weight is 269 g/mol. The normalized spacial score (nSPS) is 17.7. The Morgan fingerprint density at radius 1 is 0.800 bits per heavy atom. The molecule has 86 valence electrons.